The molecule has 428 valence electrons. The van der Waals surface area contributed by atoms with Gasteiger partial charge in [-0.2, -0.15) is 0 Å². The number of aromatic carboxylic acids is 1. The lowest BCUT2D eigenvalue weighted by Gasteiger charge is -2.50. The summed E-state index contributed by atoms with van der Waals surface area (Å²) in [6.45, 7) is 18.5. The molecule has 18 atom stereocenters. The summed E-state index contributed by atoms with van der Waals surface area (Å²) in [7, 11) is 6.73. The van der Waals surface area contributed by atoms with Crippen molar-refractivity contribution in [2.45, 2.75) is 211 Å². The first-order valence-electron chi connectivity index (χ1n) is 27.2. The van der Waals surface area contributed by atoms with Crippen molar-refractivity contribution >= 4 is 34.6 Å². The number of aliphatic hydroxyl groups is 3. The van der Waals surface area contributed by atoms with Gasteiger partial charge in [0.05, 0.1) is 54.0 Å². The molecule has 4 aliphatic heterocycles. The SMILES string of the molecule is CC[C@H]1OC(=O)[C@H](C)[C@@H](O[C@H]2C[C@@](C)(OC)[C@@H](OC(=O)CCNCCCc3cc4c5c(c3)c(=O)c(C(=O)O)cn5CC4)[C@H](C)O2)[C@H](C)[C@@H](O[C@@H]2O[C@H](C)C[C@H](N(C)C)[C@H]2O)[C@](C)(OC)C[C@@H](C)C(=O)[C@@H](C)[C@H](O)[C@]1(C)O. The molecular formula is C56H87N3O17. The Morgan fingerprint density at radius 1 is 0.908 bits per heavy atom. The van der Waals surface area contributed by atoms with E-state index in [9.17, 15) is 44.4 Å². The summed E-state index contributed by atoms with van der Waals surface area (Å²) in [6.07, 6.45) is -6.03. The normalized spacial score (nSPS) is 37.7. The number of Topliss-reactive ketones (excluding diaryl/α,β-unsaturated/α-hetero) is 1. The Kier molecular flexibility index (Phi) is 20.2. The first-order valence-corrected chi connectivity index (χ1v) is 27.2. The molecule has 6 rings (SSSR count). The van der Waals surface area contributed by atoms with Crippen LogP contribution in [0.4, 0.5) is 0 Å². The van der Waals surface area contributed by atoms with Crippen molar-refractivity contribution in [2.24, 2.45) is 23.7 Å². The molecule has 0 bridgehead atoms. The third-order valence-corrected chi connectivity index (χ3v) is 17.0. The van der Waals surface area contributed by atoms with Crippen LogP contribution in [0.15, 0.2) is 23.1 Å². The van der Waals surface area contributed by atoms with Gasteiger partial charge in [-0.25, -0.2) is 4.79 Å². The fraction of sp³-hybridized carbons (Fsp3) is 0.768. The van der Waals surface area contributed by atoms with Gasteiger partial charge in [-0.1, -0.05) is 33.8 Å². The van der Waals surface area contributed by atoms with E-state index in [1.165, 1.54) is 34.3 Å². The van der Waals surface area contributed by atoms with Gasteiger partial charge in [0.25, 0.3) is 0 Å². The van der Waals surface area contributed by atoms with Crippen molar-refractivity contribution in [3.63, 3.8) is 0 Å². The molecule has 1 aromatic heterocycles. The van der Waals surface area contributed by atoms with Gasteiger partial charge < -0.3 is 73.1 Å². The number of ether oxygens (including phenoxy) is 8. The predicted molar refractivity (Wildman–Crippen MR) is 280 cm³/mol. The summed E-state index contributed by atoms with van der Waals surface area (Å²) in [5, 5.41) is 48.6. The molecule has 0 saturated carbocycles. The van der Waals surface area contributed by atoms with E-state index in [4.69, 9.17) is 37.9 Å². The number of nitrogens with zero attached hydrogens (tertiary/aromatic N) is 2. The van der Waals surface area contributed by atoms with E-state index in [0.29, 0.717) is 44.3 Å². The number of hydrogen-bond donors (Lipinski definition) is 5. The second kappa shape index (κ2) is 25.0. The number of ketones is 1. The van der Waals surface area contributed by atoms with Crippen molar-refractivity contribution < 1.29 is 77.5 Å². The monoisotopic (exact) mass is 1070 g/mol. The molecule has 76 heavy (non-hydrogen) atoms. The third-order valence-electron chi connectivity index (χ3n) is 17.0. The van der Waals surface area contributed by atoms with E-state index in [1.54, 1.807) is 47.6 Å². The minimum Gasteiger partial charge on any atom is -0.477 e. The first-order chi connectivity index (χ1) is 35.6. The Morgan fingerprint density at radius 2 is 1.58 bits per heavy atom. The van der Waals surface area contributed by atoms with E-state index in [-0.39, 0.29) is 49.2 Å². The summed E-state index contributed by atoms with van der Waals surface area (Å²) in [4.78, 5) is 69.0. The maximum Gasteiger partial charge on any atom is 0.341 e. The molecule has 0 amide bonds. The van der Waals surface area contributed by atoms with Crippen LogP contribution in [-0.4, -0.2) is 179 Å². The Hall–Kier alpha value is -3.93. The van der Waals surface area contributed by atoms with Crippen LogP contribution >= 0.6 is 0 Å². The van der Waals surface area contributed by atoms with Crippen molar-refractivity contribution in [1.29, 1.82) is 0 Å². The topological polar surface area (TPSA) is 260 Å². The molecule has 0 unspecified atom stereocenters. The smallest absolute Gasteiger partial charge is 0.341 e. The molecule has 4 aliphatic rings. The van der Waals surface area contributed by atoms with Gasteiger partial charge in [0.15, 0.2) is 18.7 Å². The zero-order valence-electron chi connectivity index (χ0n) is 47.2. The van der Waals surface area contributed by atoms with Gasteiger partial charge in [0, 0.05) is 69.1 Å². The van der Waals surface area contributed by atoms with Crippen molar-refractivity contribution in [3.8, 4) is 0 Å². The zero-order chi connectivity index (χ0) is 56.4. The molecule has 0 aliphatic carbocycles. The van der Waals surface area contributed by atoms with E-state index in [0.717, 1.165) is 23.1 Å². The highest BCUT2D eigenvalue weighted by molar-refractivity contribution is 5.94. The van der Waals surface area contributed by atoms with Gasteiger partial charge in [0.1, 0.15) is 34.8 Å². The minimum atomic E-state index is -2.03. The minimum absolute atomic E-state index is 0.0401. The number of pyridine rings is 1. The first kappa shape index (κ1) is 61.3. The molecule has 5 heterocycles. The maximum absolute atomic E-state index is 14.6. The number of rotatable bonds is 17. The summed E-state index contributed by atoms with van der Waals surface area (Å²) in [5.41, 5.74) is -2.48. The van der Waals surface area contributed by atoms with Crippen LogP contribution in [0.2, 0.25) is 0 Å². The molecule has 2 aromatic rings. The van der Waals surface area contributed by atoms with Gasteiger partial charge in [-0.3, -0.25) is 19.2 Å². The molecule has 3 saturated heterocycles. The number of carbonyl (C=O) groups excluding carboxylic acids is 3. The lowest BCUT2D eigenvalue weighted by Crippen LogP contribution is -2.61. The molecule has 3 fully saturated rings. The van der Waals surface area contributed by atoms with Gasteiger partial charge in [-0.05, 0) is 118 Å². The molecule has 5 N–H and O–H groups in total. The largest absolute Gasteiger partial charge is 0.477 e. The lowest BCUT2D eigenvalue weighted by molar-refractivity contribution is -0.320. The molecular weight excluding hydrogens is 987 g/mol. The predicted octanol–water partition coefficient (Wildman–Crippen LogP) is 4.17. The molecule has 20 nitrogen and oxygen atoms in total. The Morgan fingerprint density at radius 3 is 2.21 bits per heavy atom. The number of likely N-dealkylation sites (N-methyl/N-ethyl adjacent to an activating group) is 1. The number of carbonyl (C=O) groups is 4. The quantitative estimate of drug-likeness (QED) is 0.110. The van der Waals surface area contributed by atoms with E-state index >= 15 is 0 Å². The van der Waals surface area contributed by atoms with E-state index < -0.39 is 119 Å². The highest BCUT2D eigenvalue weighted by Gasteiger charge is 2.55. The summed E-state index contributed by atoms with van der Waals surface area (Å²) in [6, 6.07) is 3.53. The molecule has 1 aromatic carbocycles. The maximum atomic E-state index is 14.6. The standard InChI is InChI=1S/C56H87N3O17/c1-15-40-56(10,68)48(64)31(4)44(61)29(2)26-54(8,69-13)49(76-53-46(63)39(58(11)12)23-30(3)71-53)32(5)47(33(6)52(67)73-40)75-42-27-55(9,70-14)50(34(7)72-42)74-41(60)18-21-57-20-16-17-35-24-36-19-22-59-28-38(51(65)66)45(62)37(25-35)43(36)59/h24-25,28-34,39-40,42,46-50,53,57,63-64,68H,15-23,26-27H2,1-14H3,(H,65,66)/t29-,30-,31-,32+,33-,34+,39+,40-,42+,46-,47+,48+,49-,50+,53+,54-,55-,56-/m1/s1. The number of aryl methyl sites for hydroxylation is 3. The molecule has 20 heteroatoms. The average Bonchev–Trinajstić information content (AvgIpc) is 3.79. The second-order valence-electron chi connectivity index (χ2n) is 23.0. The number of carboxylic acid groups (broad SMARTS) is 1. The van der Waals surface area contributed by atoms with Crippen molar-refractivity contribution in [2.75, 3.05) is 41.4 Å². The number of esters is 2. The average molecular weight is 1070 g/mol. The number of methoxy groups -OCH3 is 2. The summed E-state index contributed by atoms with van der Waals surface area (Å²) >= 11 is 0. The van der Waals surface area contributed by atoms with Crippen LogP contribution in [0.25, 0.3) is 10.9 Å². The number of hydrogen-bond acceptors (Lipinski definition) is 18. The van der Waals surface area contributed by atoms with E-state index in [2.05, 4.69) is 11.4 Å². The highest BCUT2D eigenvalue weighted by Crippen LogP contribution is 2.42. The Bertz CT molecular complexity index is 2430. The van der Waals surface area contributed by atoms with Crippen molar-refractivity contribution in [3.05, 3.63) is 45.2 Å². The number of carboxylic acids is 1. The second-order valence-corrected chi connectivity index (χ2v) is 23.0. The fourth-order valence-corrected chi connectivity index (χ4v) is 12.3. The third kappa shape index (κ3) is 13.0. The van der Waals surface area contributed by atoms with Crippen LogP contribution in [0, 0.1) is 23.7 Å². The van der Waals surface area contributed by atoms with Crippen LogP contribution in [0.1, 0.15) is 129 Å². The Balaban J connectivity index is 1.19. The van der Waals surface area contributed by atoms with Gasteiger partial charge >= 0.3 is 17.9 Å². The number of cyclic esters (lactones) is 1. The zero-order valence-corrected chi connectivity index (χ0v) is 47.2. The van der Waals surface area contributed by atoms with Crippen LogP contribution in [-0.2, 0) is 71.7 Å². The van der Waals surface area contributed by atoms with Gasteiger partial charge in [0.2, 0.25) is 5.43 Å². The van der Waals surface area contributed by atoms with E-state index in [1.807, 2.05) is 37.4 Å². The highest BCUT2D eigenvalue weighted by atomic mass is 16.7. The summed E-state index contributed by atoms with van der Waals surface area (Å²) in [5.74, 6) is -6.56. The van der Waals surface area contributed by atoms with Crippen LogP contribution in [0.3, 0.4) is 0 Å². The molecule has 0 spiro atoms. The number of aliphatic hydroxyl groups excluding tert-OH is 2. The number of benzene rings is 1. The Labute approximate surface area is 447 Å². The van der Waals surface area contributed by atoms with Crippen molar-refractivity contribution in [1.82, 2.24) is 14.8 Å². The summed E-state index contributed by atoms with van der Waals surface area (Å²) < 4.78 is 53.2. The van der Waals surface area contributed by atoms with Crippen LogP contribution < -0.4 is 10.7 Å². The van der Waals surface area contributed by atoms with Crippen LogP contribution in [0.5, 0.6) is 0 Å². The fourth-order valence-electron chi connectivity index (χ4n) is 12.3. The van der Waals surface area contributed by atoms with Gasteiger partial charge in [-0.15, -0.1) is 0 Å². The number of nitrogens with one attached hydrogen (secondary N) is 1. The lowest BCUT2D eigenvalue weighted by atomic mass is 9.74. The number of aromatic nitrogens is 1. The molecule has 0 radical (unpaired) electrons.